The second-order valence-corrected chi connectivity index (χ2v) is 11.9. The van der Waals surface area contributed by atoms with Crippen molar-refractivity contribution in [2.75, 3.05) is 11.4 Å². The highest BCUT2D eigenvalue weighted by molar-refractivity contribution is 7.10. The van der Waals surface area contributed by atoms with Gasteiger partial charge in [0, 0.05) is 36.1 Å². The third kappa shape index (κ3) is 5.07. The van der Waals surface area contributed by atoms with E-state index in [1.54, 1.807) is 16.2 Å². The van der Waals surface area contributed by atoms with E-state index in [2.05, 4.69) is 23.3 Å². The molecule has 6 rings (SSSR count). The number of piperazine rings is 1. The van der Waals surface area contributed by atoms with E-state index in [9.17, 15) is 19.8 Å². The number of amides is 2. The van der Waals surface area contributed by atoms with E-state index in [4.69, 9.17) is 0 Å². The van der Waals surface area contributed by atoms with Gasteiger partial charge in [0.25, 0.3) is 0 Å². The Labute approximate surface area is 232 Å². The number of carboxylic acid groups (broad SMARTS) is 1. The number of fused-ring (bicyclic) bond motifs is 2. The van der Waals surface area contributed by atoms with Crippen LogP contribution in [0.4, 0.5) is 16.2 Å². The van der Waals surface area contributed by atoms with Crippen LogP contribution in [0.15, 0.2) is 72.1 Å². The number of likely N-dealkylation sites (tertiary alicyclic amines) is 1. The number of para-hydroxylation sites is 2. The van der Waals surface area contributed by atoms with Crippen molar-refractivity contribution in [1.82, 2.24) is 14.7 Å². The highest BCUT2D eigenvalue weighted by Crippen LogP contribution is 2.41. The zero-order chi connectivity index (χ0) is 27.1. The number of thiophene rings is 1. The molecule has 9 heteroatoms. The second-order valence-electron chi connectivity index (χ2n) is 10.8. The Morgan fingerprint density at radius 1 is 1.00 bits per heavy atom. The van der Waals surface area contributed by atoms with Gasteiger partial charge in [-0.05, 0) is 73.9 Å². The molecule has 204 valence electrons. The number of carbonyl (C=O) groups is 2. The number of aliphatic carboxylic acids is 1. The second kappa shape index (κ2) is 10.7. The van der Waals surface area contributed by atoms with Crippen LogP contribution in [-0.4, -0.2) is 74.0 Å². The van der Waals surface area contributed by atoms with Crippen LogP contribution in [0.25, 0.3) is 0 Å². The van der Waals surface area contributed by atoms with Crippen molar-refractivity contribution in [3.05, 3.63) is 82.6 Å². The molecule has 2 aliphatic heterocycles. The van der Waals surface area contributed by atoms with Gasteiger partial charge in [-0.15, -0.1) is 11.3 Å². The van der Waals surface area contributed by atoms with E-state index >= 15 is 0 Å². The average molecular weight is 547 g/mol. The molecule has 0 spiro atoms. The molecular weight excluding hydrogens is 512 g/mol. The molecule has 3 aromatic rings. The van der Waals surface area contributed by atoms with Gasteiger partial charge in [0.2, 0.25) is 0 Å². The Morgan fingerprint density at radius 2 is 1.64 bits per heavy atom. The molecule has 2 amide bonds. The Balaban J connectivity index is 1.30. The van der Waals surface area contributed by atoms with Crippen molar-refractivity contribution in [2.24, 2.45) is 0 Å². The van der Waals surface area contributed by atoms with Gasteiger partial charge >= 0.3 is 12.0 Å². The van der Waals surface area contributed by atoms with E-state index in [1.807, 2.05) is 65.6 Å². The fourth-order valence-corrected chi connectivity index (χ4v) is 6.96. The highest BCUT2D eigenvalue weighted by atomic mass is 32.1. The molecule has 2 aromatic carbocycles. The van der Waals surface area contributed by atoms with Crippen LogP contribution in [0.1, 0.15) is 36.1 Å². The summed E-state index contributed by atoms with van der Waals surface area (Å²) in [5.41, 5.74) is 2.53. The number of aliphatic hydroxyl groups is 1. The first-order valence-electron chi connectivity index (χ1n) is 13.6. The van der Waals surface area contributed by atoms with Crippen LogP contribution < -0.4 is 4.90 Å². The van der Waals surface area contributed by atoms with Crippen molar-refractivity contribution in [3.63, 3.8) is 0 Å². The van der Waals surface area contributed by atoms with Crippen molar-refractivity contribution in [1.29, 1.82) is 0 Å². The van der Waals surface area contributed by atoms with Gasteiger partial charge in [0.1, 0.15) is 6.04 Å². The predicted molar refractivity (Wildman–Crippen MR) is 151 cm³/mol. The van der Waals surface area contributed by atoms with Crippen LogP contribution in [-0.2, 0) is 11.3 Å². The zero-order valence-corrected chi connectivity index (χ0v) is 22.8. The van der Waals surface area contributed by atoms with E-state index in [0.717, 1.165) is 19.3 Å². The molecular formula is C30H34N4O4S. The molecule has 1 unspecified atom stereocenters. The molecule has 3 fully saturated rings. The standard InChI is InChI=1S/C30H34N4O4S/c1-20-16-21(19-39-20)17-31(22-12-13-22)29(37)34-25-14-15-26(34)27(28(35)36)32(18-25)30(38)33(23-8-4-2-5-9-23)24-10-6-3-7-11-24/h2-11,16,19,22,25-27,29,37H,12-15,17-18H2,1H3,(H,35,36)/t25-,26+,27-,29?/m0/s1. The van der Waals surface area contributed by atoms with Gasteiger partial charge in [-0.25, -0.2) is 9.59 Å². The first kappa shape index (κ1) is 26.0. The van der Waals surface area contributed by atoms with E-state index in [-0.39, 0.29) is 24.7 Å². The number of aryl methyl sites for hydroxylation is 1. The fraction of sp³-hybridized carbons (Fsp3) is 0.400. The smallest absolute Gasteiger partial charge is 0.329 e. The van der Waals surface area contributed by atoms with Crippen LogP contribution in [0.3, 0.4) is 0 Å². The summed E-state index contributed by atoms with van der Waals surface area (Å²) in [6.07, 6.45) is 2.52. The molecule has 3 heterocycles. The summed E-state index contributed by atoms with van der Waals surface area (Å²) in [5, 5.41) is 24.3. The maximum absolute atomic E-state index is 14.2. The topological polar surface area (TPSA) is 87.6 Å². The number of hydrogen-bond acceptors (Lipinski definition) is 6. The SMILES string of the molecule is Cc1cc(CN(C2CC2)C(O)N2[C@H]3CC[C@@H]2[C@@H](C(=O)O)N(C(=O)N(c2ccccc2)c2ccccc2)C3)cs1. The number of carboxylic acids is 1. The number of nitrogens with zero attached hydrogens (tertiary/aromatic N) is 4. The Morgan fingerprint density at radius 3 is 2.18 bits per heavy atom. The predicted octanol–water partition coefficient (Wildman–Crippen LogP) is 4.86. The Kier molecular flexibility index (Phi) is 7.16. The summed E-state index contributed by atoms with van der Waals surface area (Å²) in [4.78, 5) is 35.4. The van der Waals surface area contributed by atoms with E-state index in [0.29, 0.717) is 24.3 Å². The van der Waals surface area contributed by atoms with Crippen LogP contribution in [0.2, 0.25) is 0 Å². The zero-order valence-electron chi connectivity index (χ0n) is 22.0. The summed E-state index contributed by atoms with van der Waals surface area (Å²) in [6.45, 7) is 2.95. The third-order valence-corrected chi connectivity index (χ3v) is 9.07. The van der Waals surface area contributed by atoms with Crippen molar-refractivity contribution in [2.45, 2.75) is 69.7 Å². The number of hydrogen-bond donors (Lipinski definition) is 2. The maximum Gasteiger partial charge on any atom is 0.329 e. The maximum atomic E-state index is 14.2. The lowest BCUT2D eigenvalue weighted by Crippen LogP contribution is -2.69. The van der Waals surface area contributed by atoms with Gasteiger partial charge in [0.15, 0.2) is 6.35 Å². The normalized spacial score (nSPS) is 23.7. The van der Waals surface area contributed by atoms with E-state index in [1.165, 1.54) is 15.3 Å². The van der Waals surface area contributed by atoms with Gasteiger partial charge in [-0.2, -0.15) is 0 Å². The van der Waals surface area contributed by atoms with Gasteiger partial charge < -0.3 is 15.1 Å². The van der Waals surface area contributed by atoms with Crippen molar-refractivity contribution in [3.8, 4) is 0 Å². The van der Waals surface area contributed by atoms with E-state index < -0.39 is 24.4 Å². The Bertz CT molecular complexity index is 1280. The van der Waals surface area contributed by atoms with Crippen LogP contribution in [0, 0.1) is 6.92 Å². The first-order chi connectivity index (χ1) is 18.9. The summed E-state index contributed by atoms with van der Waals surface area (Å²) >= 11 is 1.70. The van der Waals surface area contributed by atoms with Crippen LogP contribution >= 0.6 is 11.3 Å². The van der Waals surface area contributed by atoms with Crippen molar-refractivity contribution >= 4 is 34.7 Å². The minimum absolute atomic E-state index is 0.122. The minimum atomic E-state index is -1.06. The number of urea groups is 1. The highest BCUT2D eigenvalue weighted by Gasteiger charge is 2.55. The molecule has 1 aliphatic carbocycles. The molecule has 0 radical (unpaired) electrons. The summed E-state index contributed by atoms with van der Waals surface area (Å²) < 4.78 is 0. The molecule has 3 aliphatic rings. The van der Waals surface area contributed by atoms with Gasteiger partial charge in [-0.1, -0.05) is 36.4 Å². The molecule has 2 bridgehead atoms. The summed E-state index contributed by atoms with van der Waals surface area (Å²) in [5.74, 6) is -1.04. The lowest BCUT2D eigenvalue weighted by Gasteiger charge is -2.49. The van der Waals surface area contributed by atoms with Crippen LogP contribution in [0.5, 0.6) is 0 Å². The van der Waals surface area contributed by atoms with Gasteiger partial charge in [0.05, 0.1) is 11.4 Å². The number of benzene rings is 2. The third-order valence-electron chi connectivity index (χ3n) is 8.16. The minimum Gasteiger partial charge on any atom is -0.480 e. The largest absolute Gasteiger partial charge is 0.480 e. The molecule has 1 saturated carbocycles. The Hall–Kier alpha value is -3.24. The quantitative estimate of drug-likeness (QED) is 0.393. The molecule has 4 atom stereocenters. The number of anilines is 2. The lowest BCUT2D eigenvalue weighted by atomic mass is 10.0. The first-order valence-corrected chi connectivity index (χ1v) is 14.5. The average Bonchev–Trinajstić information content (AvgIpc) is 3.63. The summed E-state index contributed by atoms with van der Waals surface area (Å²) in [7, 11) is 0. The monoisotopic (exact) mass is 546 g/mol. The number of aliphatic hydroxyl groups excluding tert-OH is 1. The molecule has 2 N–H and O–H groups in total. The molecule has 1 aromatic heterocycles. The summed E-state index contributed by atoms with van der Waals surface area (Å²) in [6, 6.07) is 19.1. The molecule has 2 saturated heterocycles. The lowest BCUT2D eigenvalue weighted by molar-refractivity contribution is -0.174. The van der Waals surface area contributed by atoms with Crippen molar-refractivity contribution < 1.29 is 19.8 Å². The molecule has 39 heavy (non-hydrogen) atoms. The number of carbonyl (C=O) groups excluding carboxylic acids is 1. The number of rotatable bonds is 8. The molecule has 8 nitrogen and oxygen atoms in total. The fourth-order valence-electron chi connectivity index (χ4n) is 6.26. The van der Waals surface area contributed by atoms with Gasteiger partial charge in [-0.3, -0.25) is 14.7 Å².